The van der Waals surface area contributed by atoms with Gasteiger partial charge in [-0.25, -0.2) is 0 Å². The molecular weight excluding hydrogens is 198 g/mol. The van der Waals surface area contributed by atoms with Crippen LogP contribution in [0.3, 0.4) is 0 Å². The van der Waals surface area contributed by atoms with Crippen LogP contribution in [0.4, 0.5) is 0 Å². The van der Waals surface area contributed by atoms with E-state index in [4.69, 9.17) is 0 Å². The third-order valence-corrected chi connectivity index (χ3v) is 1.93. The van der Waals surface area contributed by atoms with Crippen LogP contribution in [0.1, 0.15) is 54.7 Å². The minimum Gasteiger partial charge on any atom is -0.252 e. The van der Waals surface area contributed by atoms with Crippen LogP contribution in [-0.2, 0) is 13.0 Å². The Labute approximate surface area is 100 Å². The van der Waals surface area contributed by atoms with Crippen LogP contribution < -0.4 is 0 Å². The third-order valence-electron chi connectivity index (χ3n) is 1.93. The molecule has 0 amide bonds. The van der Waals surface area contributed by atoms with E-state index in [-0.39, 0.29) is 18.3 Å². The van der Waals surface area contributed by atoms with Gasteiger partial charge in [0.1, 0.15) is 0 Å². The monoisotopic (exact) mass is 225 g/mol. The average molecular weight is 225 g/mol. The highest BCUT2D eigenvalue weighted by atomic mass is 15.4. The van der Waals surface area contributed by atoms with Crippen molar-refractivity contribution in [3.8, 4) is 0 Å². The Balaban J connectivity index is 0.00000225. The summed E-state index contributed by atoms with van der Waals surface area (Å²) in [6.45, 7) is 14.2. The number of hydrogen-bond donors (Lipinski definition) is 0. The van der Waals surface area contributed by atoms with Gasteiger partial charge in [-0.1, -0.05) is 54.2 Å². The Kier molecular flexibility index (Phi) is 4.71. The molecule has 16 heavy (non-hydrogen) atoms. The minimum absolute atomic E-state index is 0. The van der Waals surface area contributed by atoms with E-state index < -0.39 is 0 Å². The zero-order valence-electron chi connectivity index (χ0n) is 10.8. The van der Waals surface area contributed by atoms with Gasteiger partial charge in [0.25, 0.3) is 0 Å². The minimum atomic E-state index is 0. The van der Waals surface area contributed by atoms with E-state index in [1.54, 1.807) is 0 Å². The molecule has 3 nitrogen and oxygen atoms in total. The second-order valence-electron chi connectivity index (χ2n) is 6.71. The molecule has 0 aromatic carbocycles. The number of hydrogen-bond acceptors (Lipinski definition) is 2. The molecule has 0 spiro atoms. The normalized spacial score (nSPS) is 12.4. The fourth-order valence-corrected chi connectivity index (χ4v) is 1.53. The van der Waals surface area contributed by atoms with Gasteiger partial charge in [0.15, 0.2) is 0 Å². The summed E-state index contributed by atoms with van der Waals surface area (Å²) in [5, 5.41) is 8.35. The van der Waals surface area contributed by atoms with Crippen LogP contribution in [0, 0.1) is 10.8 Å². The molecule has 0 saturated heterocycles. The number of rotatable bonds is 2. The summed E-state index contributed by atoms with van der Waals surface area (Å²) in [7, 11) is 0. The first-order chi connectivity index (χ1) is 6.66. The first-order valence-electron chi connectivity index (χ1n) is 5.55. The quantitative estimate of drug-likeness (QED) is 0.770. The summed E-state index contributed by atoms with van der Waals surface area (Å²) >= 11 is 0. The molecule has 1 heterocycles. The van der Waals surface area contributed by atoms with Crippen molar-refractivity contribution >= 4 is 0 Å². The number of aromatic nitrogens is 3. The molecule has 0 aliphatic carbocycles. The zero-order chi connectivity index (χ0) is 11.7. The van der Waals surface area contributed by atoms with E-state index in [1.165, 1.54) is 0 Å². The summed E-state index contributed by atoms with van der Waals surface area (Å²) in [6, 6.07) is 0. The van der Waals surface area contributed by atoms with Crippen molar-refractivity contribution in [3.05, 3.63) is 11.9 Å². The molecule has 94 valence electrons. The lowest BCUT2D eigenvalue weighted by atomic mass is 9.91. The topological polar surface area (TPSA) is 30.7 Å². The second-order valence-corrected chi connectivity index (χ2v) is 6.71. The second kappa shape index (κ2) is 4.98. The highest BCUT2D eigenvalue weighted by molar-refractivity contribution is 4.96. The third kappa shape index (κ3) is 5.89. The van der Waals surface area contributed by atoms with Gasteiger partial charge >= 0.3 is 0 Å². The molecular formula is C13H27N3. The van der Waals surface area contributed by atoms with Crippen molar-refractivity contribution in [1.82, 2.24) is 15.0 Å². The van der Waals surface area contributed by atoms with Crippen LogP contribution >= 0.6 is 0 Å². The molecule has 0 unspecified atom stereocenters. The molecule has 0 fully saturated rings. The van der Waals surface area contributed by atoms with Gasteiger partial charge in [0.05, 0.1) is 5.69 Å². The molecule has 0 atom stereocenters. The summed E-state index contributed by atoms with van der Waals surface area (Å²) in [4.78, 5) is 0. The zero-order valence-corrected chi connectivity index (χ0v) is 10.8. The highest BCUT2D eigenvalue weighted by Crippen LogP contribution is 2.20. The largest absolute Gasteiger partial charge is 0.252 e. The van der Waals surface area contributed by atoms with Gasteiger partial charge in [-0.2, -0.15) is 0 Å². The van der Waals surface area contributed by atoms with Crippen LogP contribution in [0.2, 0.25) is 0 Å². The first-order valence-corrected chi connectivity index (χ1v) is 5.55. The molecule has 3 heteroatoms. The lowest BCUT2D eigenvalue weighted by Gasteiger charge is -2.17. The molecule has 1 aromatic rings. The molecule has 0 saturated carbocycles. The van der Waals surface area contributed by atoms with Crippen molar-refractivity contribution in [2.24, 2.45) is 10.8 Å². The predicted octanol–water partition coefficient (Wildman–Crippen LogP) is 3.55. The van der Waals surface area contributed by atoms with E-state index in [9.17, 15) is 0 Å². The average Bonchev–Trinajstić information content (AvgIpc) is 2.28. The molecule has 1 rings (SSSR count). The van der Waals surface area contributed by atoms with E-state index in [0.29, 0.717) is 0 Å². The first kappa shape index (κ1) is 15.1. The van der Waals surface area contributed by atoms with E-state index >= 15 is 0 Å². The smallest absolute Gasteiger partial charge is 0.0832 e. The van der Waals surface area contributed by atoms with E-state index in [0.717, 1.165) is 18.7 Å². The highest BCUT2D eigenvalue weighted by Gasteiger charge is 2.16. The van der Waals surface area contributed by atoms with Crippen LogP contribution in [0.25, 0.3) is 0 Å². The van der Waals surface area contributed by atoms with Crippen molar-refractivity contribution in [2.75, 3.05) is 0 Å². The maximum absolute atomic E-state index is 4.20. The van der Waals surface area contributed by atoms with Crippen LogP contribution in [0.15, 0.2) is 6.20 Å². The summed E-state index contributed by atoms with van der Waals surface area (Å²) < 4.78 is 1.95. The molecule has 1 aromatic heterocycles. The Morgan fingerprint density at radius 2 is 1.62 bits per heavy atom. The SMILES string of the molecule is C.CC(C)(C)Cc1cn(CC(C)(C)C)nn1. The van der Waals surface area contributed by atoms with Crippen molar-refractivity contribution in [3.63, 3.8) is 0 Å². The summed E-state index contributed by atoms with van der Waals surface area (Å²) in [5.41, 5.74) is 1.63. The van der Waals surface area contributed by atoms with Crippen molar-refractivity contribution in [2.45, 2.75) is 61.9 Å². The van der Waals surface area contributed by atoms with Gasteiger partial charge < -0.3 is 0 Å². The fourth-order valence-electron chi connectivity index (χ4n) is 1.53. The van der Waals surface area contributed by atoms with Gasteiger partial charge in [0.2, 0.25) is 0 Å². The van der Waals surface area contributed by atoms with Crippen molar-refractivity contribution < 1.29 is 0 Å². The predicted molar refractivity (Wildman–Crippen MR) is 69.4 cm³/mol. The van der Waals surface area contributed by atoms with Crippen LogP contribution in [-0.4, -0.2) is 15.0 Å². The molecule has 0 N–H and O–H groups in total. The summed E-state index contributed by atoms with van der Waals surface area (Å²) in [6.07, 6.45) is 3.05. The molecule has 0 radical (unpaired) electrons. The maximum Gasteiger partial charge on any atom is 0.0832 e. The molecule has 0 aliphatic rings. The lowest BCUT2D eigenvalue weighted by molar-refractivity contribution is 0.321. The van der Waals surface area contributed by atoms with Crippen molar-refractivity contribution in [1.29, 1.82) is 0 Å². The Bertz CT molecular complexity index is 282. The number of nitrogens with zero attached hydrogens (tertiary/aromatic N) is 3. The Morgan fingerprint density at radius 1 is 1.06 bits per heavy atom. The molecule has 0 bridgehead atoms. The lowest BCUT2D eigenvalue weighted by Crippen LogP contribution is -2.15. The standard InChI is InChI=1S/C12H23N3.CH4/c1-11(2,3)7-10-8-15(14-13-10)9-12(4,5)6;/h8H,7,9H2,1-6H3;1H4. The van der Waals surface area contributed by atoms with Gasteiger partial charge in [-0.3, -0.25) is 4.68 Å². The van der Waals surface area contributed by atoms with Gasteiger partial charge in [-0.05, 0) is 17.3 Å². The Hall–Kier alpha value is -0.860. The van der Waals surface area contributed by atoms with E-state index in [2.05, 4.69) is 58.1 Å². The summed E-state index contributed by atoms with van der Waals surface area (Å²) in [5.74, 6) is 0. The van der Waals surface area contributed by atoms with Gasteiger partial charge in [-0.15, -0.1) is 5.10 Å². The van der Waals surface area contributed by atoms with Gasteiger partial charge in [0, 0.05) is 12.7 Å². The molecule has 0 aliphatic heterocycles. The maximum atomic E-state index is 4.20. The fraction of sp³-hybridized carbons (Fsp3) is 0.846. The van der Waals surface area contributed by atoms with Crippen LogP contribution in [0.5, 0.6) is 0 Å². The van der Waals surface area contributed by atoms with E-state index in [1.807, 2.05) is 4.68 Å². The Morgan fingerprint density at radius 3 is 2.06 bits per heavy atom.